The molecule has 26 heavy (non-hydrogen) atoms. The third-order valence-electron chi connectivity index (χ3n) is 4.02. The van der Waals surface area contributed by atoms with Crippen molar-refractivity contribution >= 4 is 41.1 Å². The average molecular weight is 401 g/mol. The van der Waals surface area contributed by atoms with Crippen LogP contribution in [0.2, 0.25) is 10.0 Å². The van der Waals surface area contributed by atoms with Gasteiger partial charge in [0.05, 0.1) is 23.0 Å². The van der Waals surface area contributed by atoms with Crippen LogP contribution < -0.4 is 15.8 Å². The third kappa shape index (κ3) is 6.96. The van der Waals surface area contributed by atoms with Crippen LogP contribution in [0.4, 0.5) is 0 Å². The maximum atomic E-state index is 11.9. The van der Waals surface area contributed by atoms with Crippen molar-refractivity contribution in [1.82, 2.24) is 10.9 Å². The second kappa shape index (κ2) is 9.92. The van der Waals surface area contributed by atoms with Crippen LogP contribution in [0, 0.1) is 0 Å². The van der Waals surface area contributed by atoms with E-state index in [2.05, 4.69) is 10.9 Å². The number of morpholine rings is 1. The van der Waals surface area contributed by atoms with Crippen molar-refractivity contribution in [3.05, 3.63) is 39.9 Å². The number of benzene rings is 1. The van der Waals surface area contributed by atoms with E-state index in [4.69, 9.17) is 27.9 Å². The molecular weight excluding hydrogens is 377 g/mol. The molecule has 1 aliphatic heterocycles. The lowest BCUT2D eigenvalue weighted by atomic mass is 10.2. The molecule has 0 radical (unpaired) electrons. The minimum Gasteiger partial charge on any atom is -0.364 e. The Morgan fingerprint density at radius 1 is 1.19 bits per heavy atom. The molecule has 3 N–H and O–H groups in total. The Balaban J connectivity index is 1.70. The number of carbonyl (C=O) groups excluding carboxylic acids is 2. The van der Waals surface area contributed by atoms with Crippen molar-refractivity contribution in [3.8, 4) is 0 Å². The standard InChI is InChI=1S/C18H23Cl2N3O3/c1-12-10-23(11-13(2)26-12)8-7-18(25)22-21-17(24)6-4-14-3-5-15(19)16(20)9-14/h3-6,9,12-13H,7-8,10-11H2,1-2H3,(H,21,24)(H,22,25)/p+1/b6-4+/t12-,13-/m1/s1. The van der Waals surface area contributed by atoms with Gasteiger partial charge in [0.15, 0.2) is 0 Å². The van der Waals surface area contributed by atoms with Gasteiger partial charge in [0.25, 0.3) is 5.91 Å². The number of ether oxygens (including phenoxy) is 1. The largest absolute Gasteiger partial charge is 0.364 e. The number of quaternary nitrogens is 1. The zero-order valence-electron chi connectivity index (χ0n) is 14.9. The summed E-state index contributed by atoms with van der Waals surface area (Å²) in [6.07, 6.45) is 3.64. The summed E-state index contributed by atoms with van der Waals surface area (Å²) in [6.45, 7) is 6.55. The Bertz CT molecular complexity index is 672. The van der Waals surface area contributed by atoms with Crippen molar-refractivity contribution in [2.24, 2.45) is 0 Å². The molecule has 8 heteroatoms. The molecule has 0 aliphatic carbocycles. The van der Waals surface area contributed by atoms with Crippen LogP contribution in [-0.4, -0.2) is 43.7 Å². The van der Waals surface area contributed by atoms with Crippen molar-refractivity contribution in [3.63, 3.8) is 0 Å². The quantitative estimate of drug-likeness (QED) is 0.514. The zero-order chi connectivity index (χ0) is 19.1. The first-order chi connectivity index (χ1) is 12.3. The minimum atomic E-state index is -0.426. The number of rotatable bonds is 5. The topological polar surface area (TPSA) is 71.9 Å². The Labute approximate surface area is 163 Å². The fourth-order valence-electron chi connectivity index (χ4n) is 2.91. The van der Waals surface area contributed by atoms with Gasteiger partial charge in [0.1, 0.15) is 25.3 Å². The first-order valence-corrected chi connectivity index (χ1v) is 9.30. The summed E-state index contributed by atoms with van der Waals surface area (Å²) in [5.74, 6) is -0.647. The van der Waals surface area contributed by atoms with Crippen LogP contribution in [0.25, 0.3) is 6.08 Å². The van der Waals surface area contributed by atoms with Crippen LogP contribution >= 0.6 is 23.2 Å². The molecule has 0 spiro atoms. The van der Waals surface area contributed by atoms with Gasteiger partial charge in [-0.05, 0) is 37.6 Å². The first-order valence-electron chi connectivity index (χ1n) is 8.54. The third-order valence-corrected chi connectivity index (χ3v) is 4.76. The Morgan fingerprint density at radius 3 is 2.54 bits per heavy atom. The number of amides is 2. The molecule has 0 bridgehead atoms. The summed E-state index contributed by atoms with van der Waals surface area (Å²) in [5, 5.41) is 0.864. The van der Waals surface area contributed by atoms with Crippen LogP contribution in [0.5, 0.6) is 0 Å². The molecule has 1 fully saturated rings. The molecule has 1 aromatic rings. The molecule has 6 nitrogen and oxygen atoms in total. The number of carbonyl (C=O) groups is 2. The highest BCUT2D eigenvalue weighted by atomic mass is 35.5. The molecular formula is C18H24Cl2N3O3+. The highest BCUT2D eigenvalue weighted by Crippen LogP contribution is 2.22. The van der Waals surface area contributed by atoms with Gasteiger partial charge >= 0.3 is 0 Å². The van der Waals surface area contributed by atoms with E-state index in [-0.39, 0.29) is 18.1 Å². The normalized spacial score (nSPS) is 23.0. The van der Waals surface area contributed by atoms with Crippen molar-refractivity contribution in [2.45, 2.75) is 32.5 Å². The lowest BCUT2D eigenvalue weighted by molar-refractivity contribution is -0.914. The monoisotopic (exact) mass is 400 g/mol. The van der Waals surface area contributed by atoms with E-state index in [1.54, 1.807) is 24.3 Å². The number of hydrogen-bond donors (Lipinski definition) is 3. The molecule has 0 aromatic heterocycles. The highest BCUT2D eigenvalue weighted by Gasteiger charge is 2.25. The van der Waals surface area contributed by atoms with Gasteiger partial charge in [-0.3, -0.25) is 20.4 Å². The predicted octanol–water partition coefficient (Wildman–Crippen LogP) is 1.24. The van der Waals surface area contributed by atoms with Crippen molar-refractivity contribution in [2.75, 3.05) is 19.6 Å². The van der Waals surface area contributed by atoms with Gasteiger partial charge in [0, 0.05) is 6.08 Å². The second-order valence-electron chi connectivity index (χ2n) is 6.46. The number of hydrazine groups is 1. The average Bonchev–Trinajstić information content (AvgIpc) is 2.58. The molecule has 2 rings (SSSR count). The van der Waals surface area contributed by atoms with E-state index < -0.39 is 5.91 Å². The van der Waals surface area contributed by atoms with Gasteiger partial charge in [0.2, 0.25) is 5.91 Å². The fourth-order valence-corrected chi connectivity index (χ4v) is 3.21. The predicted molar refractivity (Wildman–Crippen MR) is 102 cm³/mol. The van der Waals surface area contributed by atoms with Gasteiger partial charge < -0.3 is 9.64 Å². The number of nitrogens with one attached hydrogen (secondary N) is 3. The molecule has 1 aliphatic rings. The summed E-state index contributed by atoms with van der Waals surface area (Å²) >= 11 is 11.8. The van der Waals surface area contributed by atoms with Crippen LogP contribution in [0.1, 0.15) is 25.8 Å². The molecule has 1 heterocycles. The number of hydrogen-bond acceptors (Lipinski definition) is 3. The van der Waals surface area contributed by atoms with E-state index in [9.17, 15) is 9.59 Å². The summed E-state index contributed by atoms with van der Waals surface area (Å²) in [4.78, 5) is 25.0. The van der Waals surface area contributed by atoms with Crippen LogP contribution in [-0.2, 0) is 14.3 Å². The zero-order valence-corrected chi connectivity index (χ0v) is 16.4. The maximum absolute atomic E-state index is 11.9. The highest BCUT2D eigenvalue weighted by molar-refractivity contribution is 6.42. The minimum absolute atomic E-state index is 0.197. The first kappa shape index (κ1) is 20.7. The number of halogens is 2. The fraction of sp³-hybridized carbons (Fsp3) is 0.444. The summed E-state index contributed by atoms with van der Waals surface area (Å²) in [7, 11) is 0. The van der Waals surface area contributed by atoms with Gasteiger partial charge in [-0.15, -0.1) is 0 Å². The maximum Gasteiger partial charge on any atom is 0.262 e. The SMILES string of the molecule is C[C@@H]1C[NH+](CCC(=O)NNC(=O)/C=C/c2ccc(Cl)c(Cl)c2)C[C@@H](C)O1. The van der Waals surface area contributed by atoms with Crippen LogP contribution in [0.15, 0.2) is 24.3 Å². The molecule has 2 amide bonds. The van der Waals surface area contributed by atoms with E-state index in [1.165, 1.54) is 11.0 Å². The molecule has 1 aromatic carbocycles. The van der Waals surface area contributed by atoms with Gasteiger partial charge in [-0.25, -0.2) is 0 Å². The van der Waals surface area contributed by atoms with Gasteiger partial charge in [-0.2, -0.15) is 0 Å². The Morgan fingerprint density at radius 2 is 1.88 bits per heavy atom. The van der Waals surface area contributed by atoms with E-state index >= 15 is 0 Å². The lowest BCUT2D eigenvalue weighted by Gasteiger charge is -2.32. The summed E-state index contributed by atoms with van der Waals surface area (Å²) < 4.78 is 5.68. The Kier molecular flexibility index (Phi) is 7.90. The Hall–Kier alpha value is -1.60. The smallest absolute Gasteiger partial charge is 0.262 e. The molecule has 2 atom stereocenters. The van der Waals surface area contributed by atoms with Gasteiger partial charge in [-0.1, -0.05) is 29.3 Å². The van der Waals surface area contributed by atoms with E-state index in [1.807, 2.05) is 13.8 Å². The van der Waals surface area contributed by atoms with Crippen molar-refractivity contribution < 1.29 is 19.2 Å². The van der Waals surface area contributed by atoms with E-state index in [0.717, 1.165) is 18.7 Å². The van der Waals surface area contributed by atoms with Crippen LogP contribution in [0.3, 0.4) is 0 Å². The van der Waals surface area contributed by atoms with Crippen molar-refractivity contribution in [1.29, 1.82) is 0 Å². The second-order valence-corrected chi connectivity index (χ2v) is 7.27. The summed E-state index contributed by atoms with van der Waals surface area (Å²) in [6, 6.07) is 5.04. The lowest BCUT2D eigenvalue weighted by Crippen LogP contribution is -3.15. The summed E-state index contributed by atoms with van der Waals surface area (Å²) in [5.41, 5.74) is 5.52. The van der Waals surface area contributed by atoms with E-state index in [0.29, 0.717) is 23.0 Å². The molecule has 0 saturated carbocycles. The molecule has 1 saturated heterocycles. The molecule has 142 valence electrons. The molecule has 0 unspecified atom stereocenters.